The van der Waals surface area contributed by atoms with E-state index in [-0.39, 0.29) is 6.54 Å². The molecular formula is C17H33NO5Si. The predicted octanol–water partition coefficient (Wildman–Crippen LogP) is 3.30. The van der Waals surface area contributed by atoms with Crippen LogP contribution < -0.4 is 0 Å². The van der Waals surface area contributed by atoms with E-state index >= 15 is 0 Å². The molecule has 0 aromatic heterocycles. The minimum Gasteiger partial charge on any atom is -0.444 e. The zero-order chi connectivity index (χ0) is 18.6. The van der Waals surface area contributed by atoms with Crippen LogP contribution in [0.5, 0.6) is 0 Å². The van der Waals surface area contributed by atoms with Gasteiger partial charge in [0.05, 0.1) is 6.54 Å². The lowest BCUT2D eigenvalue weighted by molar-refractivity contribution is 0.0266. The minimum absolute atomic E-state index is 0.210. The standard InChI is InChI=1S/C17H33NO5Si/c1-8-13-18(16(19)23-17(5,6)7)14-12-15-24(20-9-2,21-10-3)22-11-4/h1H,9-15H2,2-7H3. The Labute approximate surface area is 148 Å². The summed E-state index contributed by atoms with van der Waals surface area (Å²) in [6, 6.07) is 0.631. The Morgan fingerprint density at radius 2 is 1.58 bits per heavy atom. The summed E-state index contributed by atoms with van der Waals surface area (Å²) in [6.07, 6.45) is 5.63. The monoisotopic (exact) mass is 359 g/mol. The number of ether oxygens (including phenoxy) is 1. The van der Waals surface area contributed by atoms with Gasteiger partial charge < -0.3 is 18.0 Å². The molecule has 0 aromatic carbocycles. The molecule has 1 amide bonds. The summed E-state index contributed by atoms with van der Waals surface area (Å²) in [6.45, 7) is 13.5. The molecule has 0 rings (SSSR count). The lowest BCUT2D eigenvalue weighted by Gasteiger charge is -2.30. The van der Waals surface area contributed by atoms with Gasteiger partial charge in [0.1, 0.15) is 5.60 Å². The third-order valence-electron chi connectivity index (χ3n) is 2.94. The first kappa shape index (κ1) is 22.9. The number of carbonyl (C=O) groups excluding carboxylic acids is 1. The van der Waals surface area contributed by atoms with Gasteiger partial charge in [-0.3, -0.25) is 4.90 Å². The van der Waals surface area contributed by atoms with Crippen LogP contribution in [-0.2, 0) is 18.0 Å². The summed E-state index contributed by atoms with van der Waals surface area (Å²) in [5.74, 6) is 2.50. The maximum atomic E-state index is 12.2. The van der Waals surface area contributed by atoms with Crippen molar-refractivity contribution in [3.05, 3.63) is 0 Å². The van der Waals surface area contributed by atoms with Gasteiger partial charge in [0.2, 0.25) is 0 Å². The van der Waals surface area contributed by atoms with Gasteiger partial charge >= 0.3 is 14.9 Å². The zero-order valence-electron chi connectivity index (χ0n) is 16.0. The highest BCUT2D eigenvalue weighted by Crippen LogP contribution is 2.19. The Hall–Kier alpha value is -1.07. The first-order valence-corrected chi connectivity index (χ1v) is 10.5. The van der Waals surface area contributed by atoms with Crippen LogP contribution in [-0.4, -0.2) is 58.3 Å². The molecule has 6 nitrogen and oxygen atoms in total. The van der Waals surface area contributed by atoms with E-state index in [1.54, 1.807) is 0 Å². The number of terminal acetylenes is 1. The number of carbonyl (C=O) groups is 1. The maximum Gasteiger partial charge on any atom is 0.500 e. The Morgan fingerprint density at radius 1 is 1.08 bits per heavy atom. The van der Waals surface area contributed by atoms with Crippen LogP contribution in [0.4, 0.5) is 4.79 Å². The fourth-order valence-electron chi connectivity index (χ4n) is 2.16. The van der Waals surface area contributed by atoms with Crippen LogP contribution >= 0.6 is 0 Å². The van der Waals surface area contributed by atoms with E-state index in [9.17, 15) is 4.79 Å². The number of rotatable bonds is 11. The summed E-state index contributed by atoms with van der Waals surface area (Å²) >= 11 is 0. The van der Waals surface area contributed by atoms with Gasteiger partial charge in [-0.25, -0.2) is 4.79 Å². The van der Waals surface area contributed by atoms with Crippen molar-refractivity contribution in [2.24, 2.45) is 0 Å². The van der Waals surface area contributed by atoms with Gasteiger partial charge in [-0.15, -0.1) is 6.42 Å². The van der Waals surface area contributed by atoms with Crippen LogP contribution in [0.2, 0.25) is 6.04 Å². The van der Waals surface area contributed by atoms with Gasteiger partial charge in [-0.05, 0) is 48.0 Å². The third kappa shape index (κ3) is 9.28. The van der Waals surface area contributed by atoms with Crippen molar-refractivity contribution < 1.29 is 22.8 Å². The maximum absolute atomic E-state index is 12.2. The second kappa shape index (κ2) is 11.5. The highest BCUT2D eigenvalue weighted by atomic mass is 28.4. The molecule has 24 heavy (non-hydrogen) atoms. The van der Waals surface area contributed by atoms with E-state index in [1.807, 2.05) is 41.5 Å². The third-order valence-corrected chi connectivity index (χ3v) is 6.09. The van der Waals surface area contributed by atoms with Crippen molar-refractivity contribution >= 4 is 14.9 Å². The minimum atomic E-state index is -2.70. The topological polar surface area (TPSA) is 57.2 Å². The highest BCUT2D eigenvalue weighted by molar-refractivity contribution is 6.60. The number of hydrogen-bond acceptors (Lipinski definition) is 5. The summed E-state index contributed by atoms with van der Waals surface area (Å²) in [7, 11) is -2.70. The van der Waals surface area contributed by atoms with Crippen molar-refractivity contribution in [3.63, 3.8) is 0 Å². The molecule has 0 unspecified atom stereocenters. The Bertz CT molecular complexity index is 386. The molecule has 0 aliphatic heterocycles. The molecule has 140 valence electrons. The molecule has 0 radical (unpaired) electrons. The first-order chi connectivity index (χ1) is 11.2. The molecule has 0 aliphatic rings. The van der Waals surface area contributed by atoms with Crippen LogP contribution in [0.25, 0.3) is 0 Å². The molecule has 0 bridgehead atoms. The summed E-state index contributed by atoms with van der Waals surface area (Å²) in [4.78, 5) is 13.7. The average Bonchev–Trinajstić information content (AvgIpc) is 2.45. The van der Waals surface area contributed by atoms with Crippen LogP contribution in [0.3, 0.4) is 0 Å². The van der Waals surface area contributed by atoms with E-state index in [0.717, 1.165) is 0 Å². The molecule has 0 aromatic rings. The summed E-state index contributed by atoms with van der Waals surface area (Å²) < 4.78 is 22.8. The lowest BCUT2D eigenvalue weighted by atomic mass is 10.2. The Balaban J connectivity index is 4.76. The lowest BCUT2D eigenvalue weighted by Crippen LogP contribution is -2.46. The molecule has 0 N–H and O–H groups in total. The van der Waals surface area contributed by atoms with Crippen LogP contribution in [0.15, 0.2) is 0 Å². The van der Waals surface area contributed by atoms with Gasteiger partial charge in [0, 0.05) is 32.4 Å². The van der Waals surface area contributed by atoms with Crippen LogP contribution in [0, 0.1) is 12.3 Å². The fraction of sp³-hybridized carbons (Fsp3) is 0.824. The number of nitrogens with zero attached hydrogens (tertiary/aromatic N) is 1. The summed E-state index contributed by atoms with van der Waals surface area (Å²) in [5, 5.41) is 0. The zero-order valence-corrected chi connectivity index (χ0v) is 17.0. The van der Waals surface area contributed by atoms with Gasteiger partial charge in [-0.2, -0.15) is 0 Å². The first-order valence-electron chi connectivity index (χ1n) is 8.56. The molecule has 0 saturated carbocycles. The quantitative estimate of drug-likeness (QED) is 0.418. The molecule has 0 saturated heterocycles. The SMILES string of the molecule is C#CCN(CCC[Si](OCC)(OCC)OCC)C(=O)OC(C)(C)C. The van der Waals surface area contributed by atoms with E-state index < -0.39 is 20.5 Å². The van der Waals surface area contributed by atoms with Crippen molar-refractivity contribution in [1.82, 2.24) is 4.90 Å². The van der Waals surface area contributed by atoms with Crippen LogP contribution in [0.1, 0.15) is 48.0 Å². The molecule has 0 heterocycles. The van der Waals surface area contributed by atoms with Crippen molar-refractivity contribution in [2.45, 2.75) is 59.6 Å². The Kier molecular flexibility index (Phi) is 11.0. The van der Waals surface area contributed by atoms with E-state index in [1.165, 1.54) is 4.90 Å². The second-order valence-electron chi connectivity index (χ2n) is 6.19. The van der Waals surface area contributed by atoms with Gasteiger partial charge in [-0.1, -0.05) is 5.92 Å². The van der Waals surface area contributed by atoms with Crippen molar-refractivity contribution in [2.75, 3.05) is 32.9 Å². The fourth-order valence-corrected chi connectivity index (χ4v) is 4.75. The largest absolute Gasteiger partial charge is 0.500 e. The smallest absolute Gasteiger partial charge is 0.444 e. The van der Waals surface area contributed by atoms with E-state index in [2.05, 4.69) is 5.92 Å². The Morgan fingerprint density at radius 3 is 1.96 bits per heavy atom. The molecule has 0 spiro atoms. The van der Waals surface area contributed by atoms with E-state index in [4.69, 9.17) is 24.4 Å². The predicted molar refractivity (Wildman–Crippen MR) is 96.7 cm³/mol. The molecule has 0 aliphatic carbocycles. The van der Waals surface area contributed by atoms with Gasteiger partial charge in [0.25, 0.3) is 0 Å². The number of amides is 1. The number of hydrogen-bond donors (Lipinski definition) is 0. The summed E-state index contributed by atoms with van der Waals surface area (Å²) in [5.41, 5.74) is -0.551. The molecule has 0 atom stereocenters. The van der Waals surface area contributed by atoms with Crippen molar-refractivity contribution in [3.8, 4) is 12.3 Å². The van der Waals surface area contributed by atoms with Crippen molar-refractivity contribution in [1.29, 1.82) is 0 Å². The normalized spacial score (nSPS) is 11.9. The molecule has 0 fully saturated rings. The molecule has 7 heteroatoms. The highest BCUT2D eigenvalue weighted by Gasteiger charge is 2.40. The van der Waals surface area contributed by atoms with E-state index in [0.29, 0.717) is 38.8 Å². The average molecular weight is 360 g/mol. The molecular weight excluding hydrogens is 326 g/mol. The second-order valence-corrected chi connectivity index (χ2v) is 8.92. The van der Waals surface area contributed by atoms with Gasteiger partial charge in [0.15, 0.2) is 0 Å².